The molecule has 0 saturated carbocycles. The highest BCUT2D eigenvalue weighted by atomic mass is 32.1. The number of H-pyrrole nitrogens is 2. The molecular formula is C22H14N8OS. The minimum Gasteiger partial charge on any atom is -0.335 e. The van der Waals surface area contributed by atoms with Crippen LogP contribution in [0.4, 0.5) is 0 Å². The van der Waals surface area contributed by atoms with Crippen LogP contribution < -0.4 is 0 Å². The molecule has 6 rings (SSSR count). The van der Waals surface area contributed by atoms with Gasteiger partial charge in [0.15, 0.2) is 17.3 Å². The maximum absolute atomic E-state index is 11.7. The van der Waals surface area contributed by atoms with E-state index in [1.165, 1.54) is 17.7 Å². The Labute approximate surface area is 184 Å². The summed E-state index contributed by atoms with van der Waals surface area (Å²) < 4.78 is 0. The van der Waals surface area contributed by atoms with Gasteiger partial charge in [0.25, 0.3) is 0 Å². The van der Waals surface area contributed by atoms with Gasteiger partial charge in [0, 0.05) is 46.4 Å². The van der Waals surface area contributed by atoms with Crippen molar-refractivity contribution >= 4 is 39.2 Å². The zero-order chi connectivity index (χ0) is 21.7. The average Bonchev–Trinajstić information content (AvgIpc) is 3.56. The van der Waals surface area contributed by atoms with Crippen LogP contribution in [0, 0.1) is 0 Å². The summed E-state index contributed by atoms with van der Waals surface area (Å²) in [7, 11) is 0. The van der Waals surface area contributed by atoms with Crippen LogP contribution in [0.1, 0.15) is 16.6 Å². The molecule has 0 aliphatic heterocycles. The number of carbonyl (C=O) groups is 1. The summed E-state index contributed by atoms with van der Waals surface area (Å²) in [5, 5.41) is 8.25. The minimum absolute atomic E-state index is 0.0409. The fraction of sp³-hybridized carbons (Fsp3) is 0.0455. The van der Waals surface area contributed by atoms with E-state index in [0.29, 0.717) is 22.0 Å². The van der Waals surface area contributed by atoms with Crippen LogP contribution in [0.3, 0.4) is 0 Å². The Kier molecular flexibility index (Phi) is 4.12. The predicted molar refractivity (Wildman–Crippen MR) is 121 cm³/mol. The second kappa shape index (κ2) is 7.13. The number of pyridine rings is 2. The summed E-state index contributed by atoms with van der Waals surface area (Å²) in [4.78, 5) is 38.5. The smallest absolute Gasteiger partial charge is 0.169 e. The Morgan fingerprint density at radius 1 is 1.00 bits per heavy atom. The Balaban J connectivity index is 1.49. The van der Waals surface area contributed by atoms with E-state index in [-0.39, 0.29) is 5.78 Å². The van der Waals surface area contributed by atoms with Gasteiger partial charge >= 0.3 is 0 Å². The topological polar surface area (TPSA) is 126 Å². The summed E-state index contributed by atoms with van der Waals surface area (Å²) in [6, 6.07) is 5.75. The lowest BCUT2D eigenvalue weighted by atomic mass is 10.1. The molecule has 0 aliphatic rings. The molecule has 0 saturated heterocycles. The van der Waals surface area contributed by atoms with E-state index in [1.807, 2.05) is 18.2 Å². The van der Waals surface area contributed by atoms with Crippen LogP contribution >= 0.6 is 11.3 Å². The summed E-state index contributed by atoms with van der Waals surface area (Å²) in [6.07, 6.45) is 10.2. The zero-order valence-electron chi connectivity index (χ0n) is 16.7. The van der Waals surface area contributed by atoms with Crippen LogP contribution in [0.2, 0.25) is 0 Å². The molecule has 0 atom stereocenters. The van der Waals surface area contributed by atoms with E-state index >= 15 is 0 Å². The molecule has 32 heavy (non-hydrogen) atoms. The largest absolute Gasteiger partial charge is 0.335 e. The quantitative estimate of drug-likeness (QED) is 0.393. The molecule has 0 radical (unpaired) electrons. The number of nitrogens with zero attached hydrogens (tertiary/aromatic N) is 6. The van der Waals surface area contributed by atoms with E-state index in [2.05, 4.69) is 35.1 Å². The molecule has 0 bridgehead atoms. The lowest BCUT2D eigenvalue weighted by molar-refractivity contribution is 0.102. The van der Waals surface area contributed by atoms with Crippen molar-refractivity contribution in [3.8, 4) is 33.1 Å². The number of aromatic nitrogens is 8. The summed E-state index contributed by atoms with van der Waals surface area (Å²) >= 11 is 1.43. The number of imidazole rings is 1. The molecule has 9 nitrogen and oxygen atoms in total. The Hall–Kier alpha value is -4.31. The molecule has 0 unspecified atom stereocenters. The highest BCUT2D eigenvalue weighted by Gasteiger charge is 2.17. The van der Waals surface area contributed by atoms with Crippen LogP contribution in [-0.4, -0.2) is 45.9 Å². The zero-order valence-corrected chi connectivity index (χ0v) is 17.5. The van der Waals surface area contributed by atoms with Gasteiger partial charge in [0.1, 0.15) is 17.5 Å². The van der Waals surface area contributed by atoms with Crippen molar-refractivity contribution in [2.75, 3.05) is 0 Å². The molecule has 0 amide bonds. The first-order valence-corrected chi connectivity index (χ1v) is 10.5. The fourth-order valence-electron chi connectivity index (χ4n) is 3.59. The molecule has 10 heteroatoms. The lowest BCUT2D eigenvalue weighted by Crippen LogP contribution is -1.85. The molecule has 6 aromatic heterocycles. The van der Waals surface area contributed by atoms with Gasteiger partial charge in [-0.05, 0) is 25.1 Å². The first-order chi connectivity index (χ1) is 15.7. The minimum atomic E-state index is 0.0409. The van der Waals surface area contributed by atoms with Crippen molar-refractivity contribution in [1.82, 2.24) is 40.1 Å². The monoisotopic (exact) mass is 438 g/mol. The number of fused-ring (bicyclic) bond motifs is 2. The number of nitrogens with one attached hydrogen (secondary N) is 2. The van der Waals surface area contributed by atoms with Gasteiger partial charge in [-0.15, -0.1) is 11.3 Å². The molecule has 6 heterocycles. The van der Waals surface area contributed by atoms with Gasteiger partial charge in [-0.2, -0.15) is 5.10 Å². The molecule has 0 fully saturated rings. The Bertz CT molecular complexity index is 1620. The number of aromatic amines is 2. The van der Waals surface area contributed by atoms with E-state index in [9.17, 15) is 4.79 Å². The number of thiophene rings is 1. The molecule has 0 aliphatic carbocycles. The predicted octanol–water partition coefficient (Wildman–Crippen LogP) is 4.28. The first kappa shape index (κ1) is 18.5. The highest BCUT2D eigenvalue weighted by molar-refractivity contribution is 7.17. The molecule has 0 spiro atoms. The van der Waals surface area contributed by atoms with Crippen molar-refractivity contribution in [3.63, 3.8) is 0 Å². The number of hydrogen-bond donors (Lipinski definition) is 2. The summed E-state index contributed by atoms with van der Waals surface area (Å²) in [5.41, 5.74) is 5.48. The van der Waals surface area contributed by atoms with Crippen LogP contribution in [0.25, 0.3) is 55.2 Å². The second-order valence-electron chi connectivity index (χ2n) is 7.21. The average molecular weight is 438 g/mol. The van der Waals surface area contributed by atoms with E-state index in [0.717, 1.165) is 38.0 Å². The second-order valence-corrected chi connectivity index (χ2v) is 8.29. The van der Waals surface area contributed by atoms with Crippen LogP contribution in [0.5, 0.6) is 0 Å². The molecule has 6 aromatic rings. The standard InChI is InChI=1S/C22H14N8OS/c1-11(31)17-2-3-18(32-17)15-8-23-9-16-19(15)28-22(27-16)20-14-4-12(7-26-21(14)30-29-20)13-5-24-10-25-6-13/h2-10H,1H3,(H,27,28)(H,26,29,30). The summed E-state index contributed by atoms with van der Waals surface area (Å²) in [6.45, 7) is 1.56. The van der Waals surface area contributed by atoms with Crippen molar-refractivity contribution in [3.05, 3.63) is 60.4 Å². The third kappa shape index (κ3) is 2.96. The number of ketones is 1. The van der Waals surface area contributed by atoms with Gasteiger partial charge in [-0.1, -0.05) is 0 Å². The van der Waals surface area contributed by atoms with E-state index in [1.54, 1.807) is 37.9 Å². The van der Waals surface area contributed by atoms with Gasteiger partial charge in [0.2, 0.25) is 0 Å². The SMILES string of the molecule is CC(=O)c1ccc(-c2cncc3[nH]c(-c4n[nH]c5ncc(-c6cncnc6)cc45)nc23)s1. The summed E-state index contributed by atoms with van der Waals surface area (Å²) in [5.74, 6) is 0.645. The Morgan fingerprint density at radius 2 is 1.88 bits per heavy atom. The maximum atomic E-state index is 11.7. The molecule has 154 valence electrons. The number of hydrogen-bond acceptors (Lipinski definition) is 8. The van der Waals surface area contributed by atoms with Crippen molar-refractivity contribution in [2.24, 2.45) is 0 Å². The number of rotatable bonds is 4. The molecule has 2 N–H and O–H groups in total. The van der Waals surface area contributed by atoms with Gasteiger partial charge in [-0.25, -0.2) is 19.9 Å². The van der Waals surface area contributed by atoms with Crippen molar-refractivity contribution in [1.29, 1.82) is 0 Å². The molecular weight excluding hydrogens is 424 g/mol. The van der Waals surface area contributed by atoms with Crippen molar-refractivity contribution < 1.29 is 4.79 Å². The highest BCUT2D eigenvalue weighted by Crippen LogP contribution is 2.34. The molecule has 0 aromatic carbocycles. The third-order valence-electron chi connectivity index (χ3n) is 5.15. The van der Waals surface area contributed by atoms with Gasteiger partial charge in [-0.3, -0.25) is 14.9 Å². The van der Waals surface area contributed by atoms with Gasteiger partial charge < -0.3 is 4.98 Å². The Morgan fingerprint density at radius 3 is 2.69 bits per heavy atom. The lowest BCUT2D eigenvalue weighted by Gasteiger charge is -2.00. The van der Waals surface area contributed by atoms with Crippen LogP contribution in [0.15, 0.2) is 55.5 Å². The van der Waals surface area contributed by atoms with E-state index in [4.69, 9.17) is 4.98 Å². The van der Waals surface area contributed by atoms with E-state index < -0.39 is 0 Å². The van der Waals surface area contributed by atoms with Crippen LogP contribution in [-0.2, 0) is 0 Å². The van der Waals surface area contributed by atoms with Crippen molar-refractivity contribution in [2.45, 2.75) is 6.92 Å². The third-order valence-corrected chi connectivity index (χ3v) is 6.37. The fourth-order valence-corrected chi connectivity index (χ4v) is 4.50. The first-order valence-electron chi connectivity index (χ1n) is 9.72. The number of Topliss-reactive ketones (excluding diaryl/α,β-unsaturated/α-hetero) is 1. The normalized spacial score (nSPS) is 11.4. The van der Waals surface area contributed by atoms with Gasteiger partial charge in [0.05, 0.1) is 22.0 Å². The maximum Gasteiger partial charge on any atom is 0.169 e. The number of carbonyl (C=O) groups excluding carboxylic acids is 1.